The zero-order chi connectivity index (χ0) is 19.3. The van der Waals surface area contributed by atoms with Gasteiger partial charge in [0.15, 0.2) is 11.5 Å². The third kappa shape index (κ3) is 2.65. The number of nitrogens with zero attached hydrogens (tertiary/aromatic N) is 4. The second-order valence-corrected chi connectivity index (χ2v) is 7.87. The Morgan fingerprint density at radius 2 is 2.14 bits per heavy atom. The molecule has 2 aliphatic rings. The standard InChI is InChI=1S/C21H24N6O/c1-12-5-3-6-14-9-16(27(15-7-4-8-15)21(28)17(12)14)13(2)26-20-18-19(23-10-22-18)24-11-25-20/h6,9-11,13,15H,3-5,7-8H2,1-2H3,(H2,22,23,24,25,26)/t13-/m0/s1. The van der Waals surface area contributed by atoms with E-state index in [1.807, 2.05) is 4.57 Å². The fourth-order valence-corrected chi connectivity index (χ4v) is 4.33. The van der Waals surface area contributed by atoms with E-state index >= 15 is 0 Å². The number of imidazole rings is 1. The maximum Gasteiger partial charge on any atom is 0.258 e. The molecule has 0 aromatic carbocycles. The van der Waals surface area contributed by atoms with Crippen LogP contribution in [0.4, 0.5) is 5.82 Å². The number of pyridine rings is 1. The van der Waals surface area contributed by atoms with Crippen LogP contribution in [-0.2, 0) is 0 Å². The Bertz CT molecular complexity index is 1230. The van der Waals surface area contributed by atoms with Gasteiger partial charge in [0, 0.05) is 17.0 Å². The monoisotopic (exact) mass is 376 g/mol. The summed E-state index contributed by atoms with van der Waals surface area (Å²) in [4.78, 5) is 29.4. The first kappa shape index (κ1) is 17.2. The molecule has 1 saturated carbocycles. The van der Waals surface area contributed by atoms with Crippen molar-refractivity contribution in [3.8, 4) is 0 Å². The van der Waals surface area contributed by atoms with Crippen molar-refractivity contribution < 1.29 is 0 Å². The van der Waals surface area contributed by atoms with Crippen molar-refractivity contribution in [1.29, 1.82) is 0 Å². The largest absolute Gasteiger partial charge is 0.360 e. The third-order valence-corrected chi connectivity index (χ3v) is 6.07. The summed E-state index contributed by atoms with van der Waals surface area (Å²) in [5.41, 5.74) is 3.79. The maximum atomic E-state index is 13.5. The van der Waals surface area contributed by atoms with E-state index in [0.717, 1.165) is 41.8 Å². The Labute approximate surface area is 162 Å². The Balaban J connectivity index is 1.65. The van der Waals surface area contributed by atoms with E-state index in [1.54, 1.807) is 6.33 Å². The Kier molecular flexibility index (Phi) is 4.03. The molecule has 144 valence electrons. The van der Waals surface area contributed by atoms with Crippen molar-refractivity contribution in [3.63, 3.8) is 0 Å². The van der Waals surface area contributed by atoms with Gasteiger partial charge in [-0.15, -0.1) is 0 Å². The third-order valence-electron chi connectivity index (χ3n) is 6.07. The second kappa shape index (κ2) is 6.58. The van der Waals surface area contributed by atoms with Crippen LogP contribution < -0.4 is 21.3 Å². The van der Waals surface area contributed by atoms with Gasteiger partial charge >= 0.3 is 0 Å². The van der Waals surface area contributed by atoms with Crippen molar-refractivity contribution >= 4 is 28.6 Å². The summed E-state index contributed by atoms with van der Waals surface area (Å²) in [5.74, 6) is 0.677. The highest BCUT2D eigenvalue weighted by atomic mass is 16.1. The van der Waals surface area contributed by atoms with Crippen LogP contribution in [0.1, 0.15) is 63.7 Å². The first-order valence-corrected chi connectivity index (χ1v) is 9.99. The van der Waals surface area contributed by atoms with Crippen LogP contribution in [0.15, 0.2) is 23.5 Å². The van der Waals surface area contributed by atoms with Crippen LogP contribution in [0.25, 0.3) is 22.8 Å². The molecule has 1 atom stereocenters. The Morgan fingerprint density at radius 1 is 1.29 bits per heavy atom. The van der Waals surface area contributed by atoms with Crippen molar-refractivity contribution in [3.05, 3.63) is 45.2 Å². The average molecular weight is 376 g/mol. The lowest BCUT2D eigenvalue weighted by Crippen LogP contribution is -2.50. The lowest BCUT2D eigenvalue weighted by atomic mass is 9.91. The topological polar surface area (TPSA) is 88.5 Å². The zero-order valence-electron chi connectivity index (χ0n) is 16.2. The van der Waals surface area contributed by atoms with Crippen LogP contribution in [0.3, 0.4) is 0 Å². The van der Waals surface area contributed by atoms with Gasteiger partial charge in [-0.25, -0.2) is 15.0 Å². The lowest BCUT2D eigenvalue weighted by molar-refractivity contribution is 0.296. The molecule has 2 aliphatic carbocycles. The van der Waals surface area contributed by atoms with Crippen LogP contribution in [0.5, 0.6) is 0 Å². The summed E-state index contributed by atoms with van der Waals surface area (Å²) in [6.07, 6.45) is 10.6. The predicted molar refractivity (Wildman–Crippen MR) is 109 cm³/mol. The van der Waals surface area contributed by atoms with Gasteiger partial charge in [0.2, 0.25) is 0 Å². The summed E-state index contributed by atoms with van der Waals surface area (Å²) in [6.45, 7) is 4.17. The van der Waals surface area contributed by atoms with E-state index in [-0.39, 0.29) is 11.6 Å². The Hall–Kier alpha value is -2.96. The summed E-state index contributed by atoms with van der Waals surface area (Å²) in [7, 11) is 0. The average Bonchev–Trinajstić information content (AvgIpc) is 3.12. The molecule has 0 spiro atoms. The zero-order valence-corrected chi connectivity index (χ0v) is 16.2. The molecule has 0 aliphatic heterocycles. The van der Waals surface area contributed by atoms with Crippen LogP contribution in [0.2, 0.25) is 0 Å². The van der Waals surface area contributed by atoms with Crippen LogP contribution >= 0.6 is 0 Å². The van der Waals surface area contributed by atoms with Crippen molar-refractivity contribution in [2.45, 2.75) is 58.0 Å². The van der Waals surface area contributed by atoms with E-state index < -0.39 is 0 Å². The summed E-state index contributed by atoms with van der Waals surface area (Å²) >= 11 is 0. The molecule has 7 nitrogen and oxygen atoms in total. The number of hydrogen-bond acceptors (Lipinski definition) is 5. The number of aromatic nitrogens is 5. The summed E-state index contributed by atoms with van der Waals surface area (Å²) in [6, 6.07) is 2.41. The van der Waals surface area contributed by atoms with E-state index in [2.05, 4.69) is 51.2 Å². The van der Waals surface area contributed by atoms with Crippen LogP contribution in [-0.4, -0.2) is 24.5 Å². The molecule has 0 amide bonds. The second-order valence-electron chi connectivity index (χ2n) is 7.87. The number of anilines is 1. The highest BCUT2D eigenvalue weighted by molar-refractivity contribution is 5.82. The first-order valence-electron chi connectivity index (χ1n) is 9.99. The number of aromatic amines is 1. The molecule has 7 heteroatoms. The van der Waals surface area contributed by atoms with Crippen LogP contribution in [0, 0.1) is 0 Å². The molecule has 28 heavy (non-hydrogen) atoms. The van der Waals surface area contributed by atoms with E-state index in [9.17, 15) is 4.79 Å². The molecule has 0 radical (unpaired) electrons. The molecule has 0 saturated heterocycles. The van der Waals surface area contributed by atoms with E-state index in [4.69, 9.17) is 0 Å². The molecule has 0 bridgehead atoms. The molecule has 3 aromatic rings. The minimum Gasteiger partial charge on any atom is -0.360 e. The van der Waals surface area contributed by atoms with E-state index in [0.29, 0.717) is 23.0 Å². The van der Waals surface area contributed by atoms with E-state index in [1.165, 1.54) is 18.3 Å². The number of hydrogen-bond donors (Lipinski definition) is 2. The molecule has 3 heterocycles. The van der Waals surface area contributed by atoms with Gasteiger partial charge in [0.05, 0.1) is 12.4 Å². The van der Waals surface area contributed by atoms with Gasteiger partial charge in [-0.3, -0.25) is 4.79 Å². The van der Waals surface area contributed by atoms with Crippen molar-refractivity contribution in [2.75, 3.05) is 5.32 Å². The number of fused-ring (bicyclic) bond motifs is 2. The highest BCUT2D eigenvalue weighted by Crippen LogP contribution is 2.33. The van der Waals surface area contributed by atoms with Crippen molar-refractivity contribution in [2.24, 2.45) is 0 Å². The minimum atomic E-state index is -0.0796. The number of H-pyrrole nitrogens is 1. The predicted octanol–water partition coefficient (Wildman–Crippen LogP) is 2.16. The highest BCUT2D eigenvalue weighted by Gasteiger charge is 2.26. The molecule has 3 aromatic heterocycles. The SMILES string of the molecule is CC1=c2c(cc([C@H](C)Nc3ncnc4[nH]cnc34)n(C3CCC3)c2=O)=CCC1. The summed E-state index contributed by atoms with van der Waals surface area (Å²) in [5, 5.41) is 5.44. The molecule has 5 rings (SSSR count). The lowest BCUT2D eigenvalue weighted by Gasteiger charge is -2.32. The summed E-state index contributed by atoms with van der Waals surface area (Å²) < 4.78 is 2.03. The maximum absolute atomic E-state index is 13.5. The minimum absolute atomic E-state index is 0.0796. The molecular weight excluding hydrogens is 352 g/mol. The van der Waals surface area contributed by atoms with Crippen molar-refractivity contribution in [1.82, 2.24) is 24.5 Å². The smallest absolute Gasteiger partial charge is 0.258 e. The fourth-order valence-electron chi connectivity index (χ4n) is 4.33. The molecule has 1 fully saturated rings. The molecule has 0 unspecified atom stereocenters. The van der Waals surface area contributed by atoms with Gasteiger partial charge in [0.25, 0.3) is 5.56 Å². The quantitative estimate of drug-likeness (QED) is 0.728. The Morgan fingerprint density at radius 3 is 2.93 bits per heavy atom. The van der Waals surface area contributed by atoms with Gasteiger partial charge in [-0.05, 0) is 57.2 Å². The normalized spacial score (nSPS) is 17.7. The van der Waals surface area contributed by atoms with Gasteiger partial charge in [0.1, 0.15) is 11.8 Å². The van der Waals surface area contributed by atoms with Gasteiger partial charge in [-0.2, -0.15) is 0 Å². The fraction of sp³-hybridized carbons (Fsp3) is 0.429. The first-order chi connectivity index (χ1) is 13.6. The number of nitrogens with one attached hydrogen (secondary N) is 2. The molecular formula is C21H24N6O. The van der Waals surface area contributed by atoms with Gasteiger partial charge in [-0.1, -0.05) is 11.6 Å². The van der Waals surface area contributed by atoms with Gasteiger partial charge < -0.3 is 14.9 Å². The molecule has 2 N–H and O–H groups in total. The number of rotatable bonds is 4.